The lowest BCUT2D eigenvalue weighted by Gasteiger charge is -2.30. The number of ether oxygens (including phenoxy) is 1. The summed E-state index contributed by atoms with van der Waals surface area (Å²) < 4.78 is 7.40. The Bertz CT molecular complexity index is 1220. The van der Waals surface area contributed by atoms with Crippen LogP contribution in [0.3, 0.4) is 0 Å². The highest BCUT2D eigenvalue weighted by molar-refractivity contribution is 5.93. The molecule has 0 bridgehead atoms. The summed E-state index contributed by atoms with van der Waals surface area (Å²) in [5.41, 5.74) is 0.739. The van der Waals surface area contributed by atoms with Crippen molar-refractivity contribution in [3.8, 4) is 11.5 Å². The molecule has 0 aliphatic carbocycles. The molecule has 1 aliphatic rings. The van der Waals surface area contributed by atoms with Crippen LogP contribution in [0.25, 0.3) is 10.9 Å². The third-order valence-corrected chi connectivity index (χ3v) is 5.76. The maximum Gasteiger partial charge on any atom is 0.325 e. The van der Waals surface area contributed by atoms with Crippen LogP contribution in [-0.2, 0) is 4.79 Å². The second-order valence-electron chi connectivity index (χ2n) is 8.16. The first-order valence-electron chi connectivity index (χ1n) is 11.4. The molecule has 3 aromatic rings. The van der Waals surface area contributed by atoms with Crippen molar-refractivity contribution < 1.29 is 24.2 Å². The van der Waals surface area contributed by atoms with Gasteiger partial charge < -0.3 is 25.4 Å². The van der Waals surface area contributed by atoms with Crippen LogP contribution in [0.5, 0.6) is 11.5 Å². The highest BCUT2D eigenvalue weighted by atomic mass is 16.5. The molecule has 11 nitrogen and oxygen atoms in total. The summed E-state index contributed by atoms with van der Waals surface area (Å²) >= 11 is 0. The van der Waals surface area contributed by atoms with Gasteiger partial charge in [-0.25, -0.2) is 14.6 Å². The van der Waals surface area contributed by atoms with Crippen molar-refractivity contribution in [2.24, 2.45) is 0 Å². The molecule has 184 valence electrons. The van der Waals surface area contributed by atoms with Gasteiger partial charge in [-0.2, -0.15) is 0 Å². The molecule has 11 heteroatoms. The van der Waals surface area contributed by atoms with Gasteiger partial charge in [-0.1, -0.05) is 0 Å². The van der Waals surface area contributed by atoms with Crippen molar-refractivity contribution in [2.75, 3.05) is 32.1 Å². The minimum Gasteiger partial charge on any atom is -0.457 e. The number of rotatable bonds is 6. The molecule has 35 heavy (non-hydrogen) atoms. The number of fused-ring (bicyclic) bond motifs is 1. The minimum absolute atomic E-state index is 0.217. The van der Waals surface area contributed by atoms with Gasteiger partial charge in [0.05, 0.1) is 12.1 Å². The van der Waals surface area contributed by atoms with Crippen LogP contribution in [-0.4, -0.2) is 70.3 Å². The zero-order valence-electron chi connectivity index (χ0n) is 19.4. The quantitative estimate of drug-likeness (QED) is 0.428. The number of urea groups is 1. The molecule has 0 spiro atoms. The lowest BCUT2D eigenvalue weighted by Crippen LogP contribution is -2.52. The number of anilines is 1. The Kier molecular flexibility index (Phi) is 7.46. The molecule has 1 aliphatic heterocycles. The standard InChI is InChI=1S/C24H28N6O5/c1-25-24(34)30-12-8-16-13-17(5-6-20(16)30)35-18-7-9-26-21(14-18)28-23(33)27-19(15-31)22(32)29-10-3-2-4-11-29/h5-9,12-14,19,31H,2-4,10-11,15H2,1H3,(H,25,34)(H2,26,27,28,33)/t19-/m0/s1. The summed E-state index contributed by atoms with van der Waals surface area (Å²) in [5, 5.41) is 18.1. The monoisotopic (exact) mass is 480 g/mol. The predicted octanol–water partition coefficient (Wildman–Crippen LogP) is 2.51. The molecule has 3 heterocycles. The van der Waals surface area contributed by atoms with E-state index in [1.54, 1.807) is 48.5 Å². The Labute approximate surface area is 202 Å². The van der Waals surface area contributed by atoms with E-state index in [9.17, 15) is 19.5 Å². The number of nitrogens with zero attached hydrogens (tertiary/aromatic N) is 3. The van der Waals surface area contributed by atoms with E-state index in [0.717, 1.165) is 30.2 Å². The van der Waals surface area contributed by atoms with Gasteiger partial charge in [-0.05, 0) is 49.6 Å². The molecule has 4 amide bonds. The fraction of sp³-hybridized carbons (Fsp3) is 0.333. The number of aliphatic hydroxyl groups excluding tert-OH is 1. The Balaban J connectivity index is 1.39. The summed E-state index contributed by atoms with van der Waals surface area (Å²) in [6, 6.07) is 8.38. The summed E-state index contributed by atoms with van der Waals surface area (Å²) in [6.07, 6.45) is 6.06. The number of carbonyl (C=O) groups excluding carboxylic acids is 3. The smallest absolute Gasteiger partial charge is 0.325 e. The van der Waals surface area contributed by atoms with E-state index in [0.29, 0.717) is 24.6 Å². The average molecular weight is 481 g/mol. The molecule has 1 fully saturated rings. The third-order valence-electron chi connectivity index (χ3n) is 5.76. The number of aliphatic hydroxyl groups is 1. The van der Waals surface area contributed by atoms with Crippen LogP contribution in [0.15, 0.2) is 48.8 Å². The maximum atomic E-state index is 12.6. The lowest BCUT2D eigenvalue weighted by molar-refractivity contribution is -0.135. The lowest BCUT2D eigenvalue weighted by atomic mass is 10.1. The first-order chi connectivity index (χ1) is 17.0. The number of nitrogens with one attached hydrogen (secondary N) is 3. The first kappa shape index (κ1) is 24.0. The third kappa shape index (κ3) is 5.69. The van der Waals surface area contributed by atoms with E-state index in [1.807, 2.05) is 6.07 Å². The molecular weight excluding hydrogens is 452 g/mol. The van der Waals surface area contributed by atoms with Crippen LogP contribution in [0, 0.1) is 0 Å². The molecule has 1 aromatic carbocycles. The molecule has 2 aromatic heterocycles. The van der Waals surface area contributed by atoms with Crippen LogP contribution < -0.4 is 20.7 Å². The number of carbonyl (C=O) groups is 3. The van der Waals surface area contributed by atoms with Gasteiger partial charge in [0.15, 0.2) is 0 Å². The van der Waals surface area contributed by atoms with E-state index >= 15 is 0 Å². The van der Waals surface area contributed by atoms with Crippen molar-refractivity contribution in [3.05, 3.63) is 48.8 Å². The number of hydrogen-bond donors (Lipinski definition) is 4. The largest absolute Gasteiger partial charge is 0.457 e. The molecule has 0 saturated carbocycles. The molecule has 4 rings (SSSR count). The number of piperidine rings is 1. The first-order valence-corrected chi connectivity index (χ1v) is 11.4. The second-order valence-corrected chi connectivity index (χ2v) is 8.16. The summed E-state index contributed by atoms with van der Waals surface area (Å²) in [6.45, 7) is 0.757. The van der Waals surface area contributed by atoms with Crippen molar-refractivity contribution in [3.63, 3.8) is 0 Å². The summed E-state index contributed by atoms with van der Waals surface area (Å²) in [4.78, 5) is 42.7. The van der Waals surface area contributed by atoms with Gasteiger partial charge in [-0.15, -0.1) is 0 Å². The van der Waals surface area contributed by atoms with E-state index in [-0.39, 0.29) is 17.8 Å². The summed E-state index contributed by atoms with van der Waals surface area (Å²) in [5.74, 6) is 0.895. The number of aromatic nitrogens is 2. The fourth-order valence-corrected chi connectivity index (χ4v) is 3.99. The maximum absolute atomic E-state index is 12.6. The van der Waals surface area contributed by atoms with Crippen molar-refractivity contribution in [1.82, 2.24) is 25.1 Å². The van der Waals surface area contributed by atoms with Crippen molar-refractivity contribution in [2.45, 2.75) is 25.3 Å². The summed E-state index contributed by atoms with van der Waals surface area (Å²) in [7, 11) is 1.57. The Morgan fingerprint density at radius 1 is 1.09 bits per heavy atom. The molecule has 0 unspecified atom stereocenters. The van der Waals surface area contributed by atoms with E-state index in [1.165, 1.54) is 10.8 Å². The average Bonchev–Trinajstić information content (AvgIpc) is 3.30. The van der Waals surface area contributed by atoms with Gasteiger partial charge in [0.2, 0.25) is 5.91 Å². The van der Waals surface area contributed by atoms with Crippen LogP contribution >= 0.6 is 0 Å². The minimum atomic E-state index is -1.03. The Morgan fingerprint density at radius 3 is 2.60 bits per heavy atom. The highest BCUT2D eigenvalue weighted by Gasteiger charge is 2.26. The van der Waals surface area contributed by atoms with Crippen molar-refractivity contribution >= 4 is 34.7 Å². The number of benzene rings is 1. The molecule has 1 saturated heterocycles. The SMILES string of the molecule is CNC(=O)n1ccc2cc(Oc3ccnc(NC(=O)N[C@@H](CO)C(=O)N4CCCCC4)c3)ccc21. The van der Waals surface area contributed by atoms with Crippen molar-refractivity contribution in [1.29, 1.82) is 0 Å². The zero-order chi connectivity index (χ0) is 24.8. The van der Waals surface area contributed by atoms with E-state index < -0.39 is 18.7 Å². The predicted molar refractivity (Wildman–Crippen MR) is 130 cm³/mol. The van der Waals surface area contributed by atoms with Gasteiger partial charge in [0.25, 0.3) is 0 Å². The number of likely N-dealkylation sites (tertiary alicyclic amines) is 1. The van der Waals surface area contributed by atoms with Crippen LogP contribution in [0.2, 0.25) is 0 Å². The normalized spacial score (nSPS) is 14.3. The van der Waals surface area contributed by atoms with Crippen LogP contribution in [0.1, 0.15) is 19.3 Å². The van der Waals surface area contributed by atoms with E-state index in [2.05, 4.69) is 20.9 Å². The second kappa shape index (κ2) is 10.9. The number of hydrogen-bond acceptors (Lipinski definition) is 6. The highest BCUT2D eigenvalue weighted by Crippen LogP contribution is 2.27. The molecule has 0 radical (unpaired) electrons. The molecule has 4 N–H and O–H groups in total. The zero-order valence-corrected chi connectivity index (χ0v) is 19.4. The van der Waals surface area contributed by atoms with Gasteiger partial charge in [0, 0.05) is 44.0 Å². The van der Waals surface area contributed by atoms with Gasteiger partial charge in [-0.3, -0.25) is 14.7 Å². The van der Waals surface area contributed by atoms with E-state index in [4.69, 9.17) is 4.74 Å². The number of pyridine rings is 1. The molecular formula is C24H28N6O5. The Morgan fingerprint density at radius 2 is 1.86 bits per heavy atom. The molecule has 1 atom stereocenters. The Hall–Kier alpha value is -4.12. The van der Waals surface area contributed by atoms with Gasteiger partial charge in [0.1, 0.15) is 23.4 Å². The van der Waals surface area contributed by atoms with Crippen LogP contribution in [0.4, 0.5) is 15.4 Å². The fourth-order valence-electron chi connectivity index (χ4n) is 3.99. The number of amides is 4. The topological polar surface area (TPSA) is 138 Å². The van der Waals surface area contributed by atoms with Gasteiger partial charge >= 0.3 is 12.1 Å².